The van der Waals surface area contributed by atoms with E-state index in [9.17, 15) is 10.2 Å². The fourth-order valence-corrected chi connectivity index (χ4v) is 2.38. The van der Waals surface area contributed by atoms with Crippen LogP contribution in [0, 0.1) is 6.92 Å². The summed E-state index contributed by atoms with van der Waals surface area (Å²) in [6.07, 6.45) is 0. The topological polar surface area (TPSA) is 97.6 Å². The molecule has 2 N–H and O–H groups in total. The van der Waals surface area contributed by atoms with Gasteiger partial charge in [-0.25, -0.2) is 15.0 Å². The van der Waals surface area contributed by atoms with Gasteiger partial charge in [-0.2, -0.15) is 0 Å². The molecule has 0 saturated heterocycles. The Kier molecular flexibility index (Phi) is 7.83. The maximum Gasteiger partial charge on any atom is 0.167 e. The van der Waals surface area contributed by atoms with E-state index < -0.39 is 0 Å². The van der Waals surface area contributed by atoms with Gasteiger partial charge in [-0.1, -0.05) is 0 Å². The molecule has 3 rings (SSSR count). The molecule has 7 nitrogen and oxygen atoms in total. The minimum Gasteiger partial charge on any atom is -0.507 e. The normalized spacial score (nSPS) is 9.96. The summed E-state index contributed by atoms with van der Waals surface area (Å²) in [6, 6.07) is 9.72. The third-order valence-electron chi connectivity index (χ3n) is 3.64. The number of hydrogen-bond donors (Lipinski definition) is 2. The van der Waals surface area contributed by atoms with Crippen LogP contribution < -0.4 is 9.47 Å². The van der Waals surface area contributed by atoms with Crippen LogP contribution in [-0.4, -0.2) is 39.4 Å². The van der Waals surface area contributed by atoms with E-state index in [1.54, 1.807) is 31.2 Å². The van der Waals surface area contributed by atoms with Gasteiger partial charge in [0.05, 0.1) is 25.3 Å². The molecule has 0 unspecified atom stereocenters. The Labute approximate surface area is 180 Å². The monoisotopic (exact) mass is 593 g/mol. The summed E-state index contributed by atoms with van der Waals surface area (Å²) in [5, 5.41) is 20.4. The summed E-state index contributed by atoms with van der Waals surface area (Å²) in [5.41, 5.74) is 0.890. The number of aryl methyl sites for hydroxylation is 1. The second-order valence-corrected chi connectivity index (χ2v) is 5.30. The molecule has 0 aliphatic heterocycles. The number of halogens is 2. The highest BCUT2D eigenvalue weighted by Gasteiger charge is 2.15. The number of rotatable bonds is 4. The molecule has 0 spiro atoms. The molecular formula is C18H17I2N3O4. The highest BCUT2D eigenvalue weighted by Crippen LogP contribution is 2.34. The molecule has 142 valence electrons. The molecule has 2 aromatic carbocycles. The first-order chi connectivity index (χ1) is 13.0. The zero-order chi connectivity index (χ0) is 20.0. The summed E-state index contributed by atoms with van der Waals surface area (Å²) >= 11 is 4.24. The number of aromatic nitrogens is 3. The lowest BCUT2D eigenvalue weighted by Gasteiger charge is -2.10. The lowest BCUT2D eigenvalue weighted by Crippen LogP contribution is -2.00. The van der Waals surface area contributed by atoms with E-state index in [0.29, 0.717) is 40.1 Å². The lowest BCUT2D eigenvalue weighted by atomic mass is 10.1. The number of nitrogens with zero attached hydrogens (tertiary/aromatic N) is 3. The zero-order valence-electron chi connectivity index (χ0n) is 14.8. The van der Waals surface area contributed by atoms with Crippen molar-refractivity contribution < 1.29 is 19.7 Å². The second-order valence-electron chi connectivity index (χ2n) is 5.30. The van der Waals surface area contributed by atoms with E-state index in [1.165, 1.54) is 26.4 Å². The van der Waals surface area contributed by atoms with Crippen molar-refractivity contribution in [3.8, 4) is 45.8 Å². The maximum absolute atomic E-state index is 10.2. The molecule has 1 aromatic heterocycles. The maximum atomic E-state index is 10.2. The van der Waals surface area contributed by atoms with Crippen LogP contribution in [0.25, 0.3) is 22.8 Å². The Morgan fingerprint density at radius 2 is 1.15 bits per heavy atom. The molecule has 27 heavy (non-hydrogen) atoms. The number of methoxy groups -OCH3 is 2. The largest absolute Gasteiger partial charge is 0.507 e. The second kappa shape index (κ2) is 9.88. The predicted octanol–water partition coefficient (Wildman–Crippen LogP) is 4.71. The first-order valence-electron chi connectivity index (χ1n) is 7.63. The molecule has 0 radical (unpaired) electrons. The average Bonchev–Trinajstić information content (AvgIpc) is 2.68. The number of phenolic OH excluding ortho intramolecular Hbond substituents is 2. The van der Waals surface area contributed by atoms with E-state index in [-0.39, 0.29) is 11.5 Å². The summed E-state index contributed by atoms with van der Waals surface area (Å²) in [7, 11) is 3.04. The summed E-state index contributed by atoms with van der Waals surface area (Å²) in [5.74, 6) is 2.12. The van der Waals surface area contributed by atoms with Crippen molar-refractivity contribution >= 4 is 37.2 Å². The van der Waals surface area contributed by atoms with Gasteiger partial charge in [0.1, 0.15) is 28.8 Å². The van der Waals surface area contributed by atoms with Crippen molar-refractivity contribution in [1.29, 1.82) is 0 Å². The van der Waals surface area contributed by atoms with Crippen LogP contribution in [-0.2, 0) is 0 Å². The molecule has 0 aliphatic rings. The van der Waals surface area contributed by atoms with Gasteiger partial charge in [-0.15, -0.1) is 0 Å². The van der Waals surface area contributed by atoms with Crippen molar-refractivity contribution in [1.82, 2.24) is 15.0 Å². The van der Waals surface area contributed by atoms with Crippen molar-refractivity contribution in [3.05, 3.63) is 42.2 Å². The fourth-order valence-electron chi connectivity index (χ4n) is 2.38. The molecule has 0 fully saturated rings. The molecule has 0 bridgehead atoms. The first-order valence-corrected chi connectivity index (χ1v) is 13.9. The SMILES string of the molecule is COc1ccc(-c2nc(C)nc(-c3ccc(OC)cc3O)n2)c(O)c1.II. The minimum absolute atomic E-state index is 0.00477. The molecule has 0 aliphatic carbocycles. The van der Waals surface area contributed by atoms with Crippen LogP contribution in [0.4, 0.5) is 0 Å². The highest BCUT2D eigenvalue weighted by atomic mass is 128. The van der Waals surface area contributed by atoms with E-state index in [0.717, 1.165) is 0 Å². The molecule has 0 amide bonds. The van der Waals surface area contributed by atoms with E-state index in [2.05, 4.69) is 52.2 Å². The van der Waals surface area contributed by atoms with Gasteiger partial charge < -0.3 is 19.7 Å². The minimum atomic E-state index is -0.00477. The van der Waals surface area contributed by atoms with Gasteiger partial charge in [0.2, 0.25) is 0 Å². The van der Waals surface area contributed by atoms with Gasteiger partial charge in [0.25, 0.3) is 0 Å². The summed E-state index contributed by atoms with van der Waals surface area (Å²) in [4.78, 5) is 12.9. The van der Waals surface area contributed by atoms with Crippen molar-refractivity contribution in [2.45, 2.75) is 6.92 Å². The van der Waals surface area contributed by atoms with E-state index >= 15 is 0 Å². The van der Waals surface area contributed by atoms with Gasteiger partial charge in [0.15, 0.2) is 11.6 Å². The molecule has 3 aromatic rings. The van der Waals surface area contributed by atoms with E-state index in [1.807, 2.05) is 0 Å². The lowest BCUT2D eigenvalue weighted by molar-refractivity contribution is 0.408. The third kappa shape index (κ3) is 5.09. The van der Waals surface area contributed by atoms with Crippen molar-refractivity contribution in [2.75, 3.05) is 14.2 Å². The Morgan fingerprint density at radius 1 is 0.741 bits per heavy atom. The zero-order valence-corrected chi connectivity index (χ0v) is 19.1. The standard InChI is InChI=1S/C18H17N3O4.I2/c1-10-19-17(13-6-4-11(24-2)8-15(13)22)21-18(20-10)14-7-5-12(25-3)9-16(14)23;1-2/h4-9,22-23H,1-3H3;. The number of aromatic hydroxyl groups is 2. The smallest absolute Gasteiger partial charge is 0.167 e. The van der Waals surface area contributed by atoms with Crippen LogP contribution in [0.5, 0.6) is 23.0 Å². The van der Waals surface area contributed by atoms with E-state index in [4.69, 9.17) is 9.47 Å². The van der Waals surface area contributed by atoms with Crippen LogP contribution in [0.2, 0.25) is 0 Å². The summed E-state index contributed by atoms with van der Waals surface area (Å²) < 4.78 is 10.2. The Balaban J connectivity index is 0.00000126. The average molecular weight is 593 g/mol. The Morgan fingerprint density at radius 3 is 1.48 bits per heavy atom. The van der Waals surface area contributed by atoms with Gasteiger partial charge >= 0.3 is 0 Å². The van der Waals surface area contributed by atoms with Crippen LogP contribution in [0.1, 0.15) is 5.82 Å². The Hall–Kier alpha value is -1.89. The molecule has 1 heterocycles. The number of phenols is 2. The number of hydrogen-bond acceptors (Lipinski definition) is 7. The van der Waals surface area contributed by atoms with Crippen LogP contribution >= 0.6 is 37.2 Å². The van der Waals surface area contributed by atoms with Gasteiger partial charge in [0, 0.05) is 49.4 Å². The highest BCUT2D eigenvalue weighted by molar-refractivity contribution is 15.0. The predicted molar refractivity (Wildman–Crippen MR) is 120 cm³/mol. The summed E-state index contributed by atoms with van der Waals surface area (Å²) in [6.45, 7) is 1.72. The Bertz CT molecular complexity index is 867. The van der Waals surface area contributed by atoms with Crippen LogP contribution in [0.15, 0.2) is 36.4 Å². The van der Waals surface area contributed by atoms with Gasteiger partial charge in [-0.3, -0.25) is 0 Å². The van der Waals surface area contributed by atoms with Crippen molar-refractivity contribution in [2.24, 2.45) is 0 Å². The quantitative estimate of drug-likeness (QED) is 0.423. The number of benzene rings is 2. The van der Waals surface area contributed by atoms with Crippen LogP contribution in [0.3, 0.4) is 0 Å². The van der Waals surface area contributed by atoms with Crippen molar-refractivity contribution in [3.63, 3.8) is 0 Å². The molecule has 0 saturated carbocycles. The molecule has 0 atom stereocenters. The molecular weight excluding hydrogens is 576 g/mol. The fraction of sp³-hybridized carbons (Fsp3) is 0.167. The first kappa shape index (κ1) is 21.4. The third-order valence-corrected chi connectivity index (χ3v) is 3.64. The number of ether oxygens (including phenoxy) is 2. The van der Waals surface area contributed by atoms with Gasteiger partial charge in [-0.05, 0) is 31.2 Å². The molecule has 9 heteroatoms.